The van der Waals surface area contributed by atoms with Gasteiger partial charge in [-0.1, -0.05) is 48.5 Å². The third kappa shape index (κ3) is 4.68. The summed E-state index contributed by atoms with van der Waals surface area (Å²) in [4.78, 5) is 13.0. The van der Waals surface area contributed by atoms with Crippen molar-refractivity contribution in [1.29, 1.82) is 0 Å². The molecule has 0 bridgehead atoms. The lowest BCUT2D eigenvalue weighted by molar-refractivity contribution is -0.111. The number of rotatable bonds is 7. The highest BCUT2D eigenvalue weighted by Crippen LogP contribution is 2.41. The quantitative estimate of drug-likeness (QED) is 0.234. The molecule has 0 spiro atoms. The van der Waals surface area contributed by atoms with Crippen LogP contribution in [0.3, 0.4) is 0 Å². The van der Waals surface area contributed by atoms with E-state index >= 15 is 0 Å². The van der Waals surface area contributed by atoms with Crippen LogP contribution in [0.4, 0.5) is 5.69 Å². The molecule has 1 N–H and O–H groups in total. The number of carbonyl (C=O) groups is 1. The molecule has 37 heavy (non-hydrogen) atoms. The molecule has 0 aliphatic carbocycles. The van der Waals surface area contributed by atoms with Crippen LogP contribution >= 0.6 is 0 Å². The average Bonchev–Trinajstić information content (AvgIpc) is 3.34. The van der Waals surface area contributed by atoms with E-state index in [1.807, 2.05) is 63.2 Å². The number of carbonyl (C=O) groups excluding carboxylic acids is 1. The van der Waals surface area contributed by atoms with E-state index in [1.54, 1.807) is 19.4 Å². The minimum atomic E-state index is -0.244. The molecule has 1 heterocycles. The van der Waals surface area contributed by atoms with Crippen LogP contribution in [0.15, 0.2) is 89.6 Å². The number of ether oxygens (including phenoxy) is 2. The fourth-order valence-corrected chi connectivity index (χ4v) is 4.75. The number of methoxy groups -OCH3 is 1. The van der Waals surface area contributed by atoms with E-state index in [0.29, 0.717) is 23.8 Å². The molecule has 0 saturated carbocycles. The zero-order valence-corrected chi connectivity index (χ0v) is 21.4. The Morgan fingerprint density at radius 1 is 1.00 bits per heavy atom. The molecule has 0 unspecified atom stereocenters. The van der Waals surface area contributed by atoms with E-state index in [0.717, 1.165) is 38.8 Å². The van der Waals surface area contributed by atoms with E-state index in [2.05, 4.69) is 35.6 Å². The normalized spacial score (nSPS) is 11.6. The molecule has 0 saturated heterocycles. The van der Waals surface area contributed by atoms with Crippen molar-refractivity contribution >= 4 is 38.9 Å². The van der Waals surface area contributed by atoms with Gasteiger partial charge in [0.15, 0.2) is 0 Å². The molecular weight excluding hydrogens is 462 g/mol. The molecule has 186 valence electrons. The van der Waals surface area contributed by atoms with Crippen LogP contribution in [0.5, 0.6) is 11.5 Å². The second kappa shape index (κ2) is 10.2. The molecule has 0 aliphatic heterocycles. The number of para-hydroxylation sites is 2. The van der Waals surface area contributed by atoms with Gasteiger partial charge < -0.3 is 19.2 Å². The van der Waals surface area contributed by atoms with Crippen LogP contribution in [0.25, 0.3) is 38.4 Å². The van der Waals surface area contributed by atoms with Gasteiger partial charge in [0.05, 0.1) is 25.7 Å². The number of anilines is 1. The second-order valence-electron chi connectivity index (χ2n) is 8.92. The summed E-state index contributed by atoms with van der Waals surface area (Å²) < 4.78 is 17.4. The van der Waals surface area contributed by atoms with Gasteiger partial charge in [-0.2, -0.15) is 0 Å². The Morgan fingerprint density at radius 3 is 2.54 bits per heavy atom. The highest BCUT2D eigenvalue weighted by atomic mass is 16.5. The highest BCUT2D eigenvalue weighted by molar-refractivity contribution is 6.06. The number of furan rings is 1. The Bertz CT molecular complexity index is 1640. The van der Waals surface area contributed by atoms with Crippen molar-refractivity contribution in [1.82, 2.24) is 0 Å². The first-order chi connectivity index (χ1) is 18.0. The molecule has 5 heteroatoms. The van der Waals surface area contributed by atoms with Gasteiger partial charge >= 0.3 is 0 Å². The van der Waals surface area contributed by atoms with E-state index in [4.69, 9.17) is 13.9 Å². The summed E-state index contributed by atoms with van der Waals surface area (Å²) in [7, 11) is 1.64. The average molecular weight is 492 g/mol. The van der Waals surface area contributed by atoms with Crippen LogP contribution in [0.1, 0.15) is 25.0 Å². The molecule has 0 radical (unpaired) electrons. The number of fused-ring (bicyclic) bond motifs is 2. The van der Waals surface area contributed by atoms with E-state index < -0.39 is 0 Å². The largest absolute Gasteiger partial charge is 0.496 e. The van der Waals surface area contributed by atoms with Crippen molar-refractivity contribution in [2.45, 2.75) is 20.8 Å². The molecule has 5 rings (SSSR count). The minimum absolute atomic E-state index is 0.244. The number of benzene rings is 4. The summed E-state index contributed by atoms with van der Waals surface area (Å²) in [5, 5.41) is 6.26. The fourth-order valence-electron chi connectivity index (χ4n) is 4.75. The van der Waals surface area contributed by atoms with Gasteiger partial charge in [-0.3, -0.25) is 4.79 Å². The highest BCUT2D eigenvalue weighted by Gasteiger charge is 2.19. The molecule has 0 fully saturated rings. The molecule has 4 aromatic carbocycles. The van der Waals surface area contributed by atoms with Crippen LogP contribution in [0.2, 0.25) is 0 Å². The van der Waals surface area contributed by atoms with Gasteiger partial charge in [-0.25, -0.2) is 0 Å². The summed E-state index contributed by atoms with van der Waals surface area (Å²) in [5.74, 6) is 1.08. The maximum Gasteiger partial charge on any atom is 0.248 e. The van der Waals surface area contributed by atoms with Gasteiger partial charge in [0.1, 0.15) is 17.1 Å². The lowest BCUT2D eigenvalue weighted by atomic mass is 9.95. The Labute approximate surface area is 216 Å². The molecule has 1 amide bonds. The number of hydrogen-bond donors (Lipinski definition) is 1. The van der Waals surface area contributed by atoms with Gasteiger partial charge in [0, 0.05) is 28.2 Å². The van der Waals surface area contributed by atoms with E-state index in [-0.39, 0.29) is 5.91 Å². The SMILES string of the molecule is CCOc1ccccc1NC(=O)/C=C(\C)c1cc2c(-c3ccc4ccccc4c3)coc2c(C)c1OC. The lowest BCUT2D eigenvalue weighted by Gasteiger charge is -2.14. The number of hydrogen-bond acceptors (Lipinski definition) is 4. The maximum absolute atomic E-state index is 13.0. The summed E-state index contributed by atoms with van der Waals surface area (Å²) in [6.45, 7) is 6.31. The lowest BCUT2D eigenvalue weighted by Crippen LogP contribution is -2.10. The van der Waals surface area contributed by atoms with Crippen LogP contribution in [0, 0.1) is 6.92 Å². The zero-order chi connectivity index (χ0) is 25.9. The van der Waals surface area contributed by atoms with Crippen molar-refractivity contribution in [3.05, 3.63) is 96.3 Å². The van der Waals surface area contributed by atoms with Gasteiger partial charge in [0.25, 0.3) is 0 Å². The van der Waals surface area contributed by atoms with Crippen molar-refractivity contribution in [2.75, 3.05) is 19.0 Å². The van der Waals surface area contributed by atoms with Gasteiger partial charge in [-0.05, 0) is 66.9 Å². The Hall–Kier alpha value is -4.51. The molecule has 0 aliphatic rings. The number of amides is 1. The molecule has 0 atom stereocenters. The predicted molar refractivity (Wildman–Crippen MR) is 150 cm³/mol. The Kier molecular flexibility index (Phi) is 6.69. The van der Waals surface area contributed by atoms with Gasteiger partial charge in [-0.15, -0.1) is 0 Å². The van der Waals surface area contributed by atoms with E-state index in [9.17, 15) is 4.79 Å². The third-order valence-electron chi connectivity index (χ3n) is 6.53. The molecule has 5 nitrogen and oxygen atoms in total. The zero-order valence-electron chi connectivity index (χ0n) is 21.4. The van der Waals surface area contributed by atoms with Crippen molar-refractivity contribution in [3.8, 4) is 22.6 Å². The number of allylic oxidation sites excluding steroid dienone is 1. The Balaban J connectivity index is 1.55. The van der Waals surface area contributed by atoms with Gasteiger partial charge in [0.2, 0.25) is 5.91 Å². The number of aryl methyl sites for hydroxylation is 1. The smallest absolute Gasteiger partial charge is 0.248 e. The van der Waals surface area contributed by atoms with E-state index in [1.165, 1.54) is 10.8 Å². The third-order valence-corrected chi connectivity index (χ3v) is 6.53. The first kappa shape index (κ1) is 24.2. The summed E-state index contributed by atoms with van der Waals surface area (Å²) >= 11 is 0. The second-order valence-corrected chi connectivity index (χ2v) is 8.92. The fraction of sp³-hybridized carbons (Fsp3) is 0.156. The summed E-state index contributed by atoms with van der Waals surface area (Å²) in [6, 6.07) is 24.1. The van der Waals surface area contributed by atoms with Crippen molar-refractivity contribution in [2.24, 2.45) is 0 Å². The van der Waals surface area contributed by atoms with Crippen molar-refractivity contribution < 1.29 is 18.7 Å². The first-order valence-corrected chi connectivity index (χ1v) is 12.3. The van der Waals surface area contributed by atoms with Crippen LogP contribution < -0.4 is 14.8 Å². The van der Waals surface area contributed by atoms with Crippen molar-refractivity contribution in [3.63, 3.8) is 0 Å². The summed E-state index contributed by atoms with van der Waals surface area (Å²) in [5.41, 5.74) is 5.97. The maximum atomic E-state index is 13.0. The van der Waals surface area contributed by atoms with Crippen LogP contribution in [-0.4, -0.2) is 19.6 Å². The number of nitrogens with one attached hydrogen (secondary N) is 1. The summed E-state index contributed by atoms with van der Waals surface area (Å²) in [6.07, 6.45) is 3.38. The first-order valence-electron chi connectivity index (χ1n) is 12.3. The van der Waals surface area contributed by atoms with Crippen LogP contribution in [-0.2, 0) is 4.79 Å². The molecule has 5 aromatic rings. The molecular formula is C32H29NO4. The topological polar surface area (TPSA) is 60.7 Å². The predicted octanol–water partition coefficient (Wildman–Crippen LogP) is 8.01. The molecule has 1 aromatic heterocycles. The standard InChI is InChI=1S/C32H29NO4/c1-5-36-29-13-9-8-12-28(29)33-30(34)16-20(2)25-18-26-27(19-37-32(26)21(3)31(25)35-4)24-15-14-22-10-6-7-11-23(22)17-24/h6-19H,5H2,1-4H3,(H,33,34)/b20-16+. The monoisotopic (exact) mass is 491 g/mol. The minimum Gasteiger partial charge on any atom is -0.496 e. The Morgan fingerprint density at radius 2 is 1.76 bits per heavy atom.